The van der Waals surface area contributed by atoms with Gasteiger partial charge in [-0.3, -0.25) is 0 Å². The van der Waals surface area contributed by atoms with E-state index in [9.17, 15) is 4.79 Å². The Balaban J connectivity index is 1.97. The van der Waals surface area contributed by atoms with Crippen molar-refractivity contribution in [3.05, 3.63) is 54.1 Å². The second-order valence-corrected chi connectivity index (χ2v) is 5.55. The Kier molecular flexibility index (Phi) is 5.23. The van der Waals surface area contributed by atoms with Crippen LogP contribution in [0.2, 0.25) is 0 Å². The number of aromatic nitrogens is 2. The minimum Gasteiger partial charge on any atom is -0.476 e. The molecular formula is C20H20N2O3. The largest absolute Gasteiger partial charge is 0.476 e. The van der Waals surface area contributed by atoms with Gasteiger partial charge in [-0.1, -0.05) is 37.3 Å². The number of carbonyl (C=O) groups is 1. The van der Waals surface area contributed by atoms with Crippen LogP contribution in [0.15, 0.2) is 48.5 Å². The summed E-state index contributed by atoms with van der Waals surface area (Å²) in [5.41, 5.74) is 2.17. The average Bonchev–Trinajstić information content (AvgIpc) is 2.67. The van der Waals surface area contributed by atoms with Crippen molar-refractivity contribution in [1.82, 2.24) is 10.2 Å². The predicted molar refractivity (Wildman–Crippen MR) is 96.7 cm³/mol. The second kappa shape index (κ2) is 7.75. The first-order chi connectivity index (χ1) is 12.2. The van der Waals surface area contributed by atoms with Crippen molar-refractivity contribution in [2.24, 2.45) is 0 Å². The van der Waals surface area contributed by atoms with E-state index in [-0.39, 0.29) is 5.97 Å². The molecular weight excluding hydrogens is 316 g/mol. The number of nitrogens with zero attached hydrogens (tertiary/aromatic N) is 2. The van der Waals surface area contributed by atoms with Gasteiger partial charge in [-0.2, -0.15) is 0 Å². The molecule has 5 heteroatoms. The second-order valence-electron chi connectivity index (χ2n) is 5.55. The third-order valence-corrected chi connectivity index (χ3v) is 3.77. The molecule has 0 spiro atoms. The van der Waals surface area contributed by atoms with E-state index in [0.29, 0.717) is 24.7 Å². The summed E-state index contributed by atoms with van der Waals surface area (Å²) < 4.78 is 10.7. The number of rotatable bonds is 6. The molecule has 0 atom stereocenters. The fourth-order valence-corrected chi connectivity index (χ4v) is 2.58. The molecule has 0 aliphatic rings. The molecule has 0 amide bonds. The molecule has 0 radical (unpaired) electrons. The smallest absolute Gasteiger partial charge is 0.338 e. The van der Waals surface area contributed by atoms with E-state index in [1.807, 2.05) is 50.2 Å². The van der Waals surface area contributed by atoms with Gasteiger partial charge in [-0.15, -0.1) is 10.2 Å². The molecule has 3 rings (SSSR count). The summed E-state index contributed by atoms with van der Waals surface area (Å²) in [7, 11) is 0. The Bertz CT molecular complexity index is 876. The highest BCUT2D eigenvalue weighted by atomic mass is 16.5. The highest BCUT2D eigenvalue weighted by Crippen LogP contribution is 2.30. The molecule has 0 saturated heterocycles. The quantitative estimate of drug-likeness (QED) is 0.629. The van der Waals surface area contributed by atoms with Crippen LogP contribution >= 0.6 is 0 Å². The molecule has 128 valence electrons. The Morgan fingerprint density at radius 2 is 1.68 bits per heavy atom. The fraction of sp³-hybridized carbons (Fsp3) is 0.250. The number of ether oxygens (including phenoxy) is 2. The van der Waals surface area contributed by atoms with Gasteiger partial charge >= 0.3 is 5.97 Å². The zero-order chi connectivity index (χ0) is 17.6. The summed E-state index contributed by atoms with van der Waals surface area (Å²) in [6.45, 7) is 4.84. The first-order valence-electron chi connectivity index (χ1n) is 8.40. The van der Waals surface area contributed by atoms with Crippen LogP contribution in [0.4, 0.5) is 0 Å². The van der Waals surface area contributed by atoms with E-state index in [1.54, 1.807) is 12.1 Å². The van der Waals surface area contributed by atoms with Crippen LogP contribution in [0.1, 0.15) is 30.6 Å². The molecule has 0 aliphatic heterocycles. The van der Waals surface area contributed by atoms with Gasteiger partial charge in [0, 0.05) is 16.3 Å². The topological polar surface area (TPSA) is 61.3 Å². The van der Waals surface area contributed by atoms with Gasteiger partial charge in [-0.25, -0.2) is 4.79 Å². The number of hydrogen-bond donors (Lipinski definition) is 0. The maximum absolute atomic E-state index is 11.9. The van der Waals surface area contributed by atoms with Crippen molar-refractivity contribution in [2.75, 3.05) is 13.2 Å². The van der Waals surface area contributed by atoms with E-state index in [0.717, 1.165) is 28.5 Å². The zero-order valence-corrected chi connectivity index (χ0v) is 14.4. The summed E-state index contributed by atoms with van der Waals surface area (Å²) in [4.78, 5) is 11.9. The SMILES string of the molecule is CCCOC(=O)c1ccc(-c2nnc(OCC)c3ccccc23)cc1. The van der Waals surface area contributed by atoms with E-state index < -0.39 is 0 Å². The minimum atomic E-state index is -0.309. The molecule has 0 fully saturated rings. The normalized spacial score (nSPS) is 10.6. The minimum absolute atomic E-state index is 0.309. The molecule has 0 N–H and O–H groups in total. The third kappa shape index (κ3) is 3.60. The summed E-state index contributed by atoms with van der Waals surface area (Å²) in [6.07, 6.45) is 0.803. The third-order valence-electron chi connectivity index (χ3n) is 3.77. The van der Waals surface area contributed by atoms with E-state index >= 15 is 0 Å². The molecule has 2 aromatic carbocycles. The maximum Gasteiger partial charge on any atom is 0.338 e. The monoisotopic (exact) mass is 336 g/mol. The van der Waals surface area contributed by atoms with Crippen LogP contribution in [0.25, 0.3) is 22.0 Å². The highest BCUT2D eigenvalue weighted by molar-refractivity contribution is 5.97. The summed E-state index contributed by atoms with van der Waals surface area (Å²) in [5.74, 6) is 0.220. The van der Waals surface area contributed by atoms with Crippen LogP contribution in [0, 0.1) is 0 Å². The van der Waals surface area contributed by atoms with Crippen molar-refractivity contribution in [2.45, 2.75) is 20.3 Å². The average molecular weight is 336 g/mol. The molecule has 1 heterocycles. The Morgan fingerprint density at radius 3 is 2.36 bits per heavy atom. The lowest BCUT2D eigenvalue weighted by Crippen LogP contribution is -2.05. The number of benzene rings is 2. The lowest BCUT2D eigenvalue weighted by Gasteiger charge is -2.10. The zero-order valence-electron chi connectivity index (χ0n) is 14.4. The van der Waals surface area contributed by atoms with Gasteiger partial charge in [0.1, 0.15) is 5.69 Å². The lowest BCUT2D eigenvalue weighted by molar-refractivity contribution is 0.0505. The summed E-state index contributed by atoms with van der Waals surface area (Å²) >= 11 is 0. The number of fused-ring (bicyclic) bond motifs is 1. The van der Waals surface area contributed by atoms with E-state index in [2.05, 4.69) is 10.2 Å². The van der Waals surface area contributed by atoms with Crippen LogP contribution in [-0.2, 0) is 4.74 Å². The number of esters is 1. The van der Waals surface area contributed by atoms with Crippen molar-refractivity contribution in [1.29, 1.82) is 0 Å². The molecule has 1 aromatic heterocycles. The molecule has 0 aliphatic carbocycles. The van der Waals surface area contributed by atoms with E-state index in [4.69, 9.17) is 9.47 Å². The molecule has 5 nitrogen and oxygen atoms in total. The number of carbonyl (C=O) groups excluding carboxylic acids is 1. The Labute approximate surface area is 146 Å². The van der Waals surface area contributed by atoms with Crippen molar-refractivity contribution < 1.29 is 14.3 Å². The molecule has 3 aromatic rings. The van der Waals surface area contributed by atoms with Gasteiger partial charge in [0.25, 0.3) is 0 Å². The van der Waals surface area contributed by atoms with Crippen LogP contribution in [0.3, 0.4) is 0 Å². The van der Waals surface area contributed by atoms with Crippen LogP contribution in [-0.4, -0.2) is 29.4 Å². The Morgan fingerprint density at radius 1 is 0.960 bits per heavy atom. The lowest BCUT2D eigenvalue weighted by atomic mass is 10.0. The van der Waals surface area contributed by atoms with Crippen molar-refractivity contribution in [3.63, 3.8) is 0 Å². The van der Waals surface area contributed by atoms with Crippen molar-refractivity contribution >= 4 is 16.7 Å². The first kappa shape index (κ1) is 16.9. The summed E-state index contributed by atoms with van der Waals surface area (Å²) in [5, 5.41) is 10.4. The van der Waals surface area contributed by atoms with Gasteiger partial charge in [0.2, 0.25) is 5.88 Å². The van der Waals surface area contributed by atoms with E-state index in [1.165, 1.54) is 0 Å². The number of hydrogen-bond acceptors (Lipinski definition) is 5. The van der Waals surface area contributed by atoms with Gasteiger partial charge in [-0.05, 0) is 31.5 Å². The molecule has 0 unspecified atom stereocenters. The van der Waals surface area contributed by atoms with Gasteiger partial charge in [0.05, 0.1) is 18.8 Å². The predicted octanol–water partition coefficient (Wildman–Crippen LogP) is 4.26. The first-order valence-corrected chi connectivity index (χ1v) is 8.40. The van der Waals surface area contributed by atoms with Crippen LogP contribution < -0.4 is 4.74 Å². The highest BCUT2D eigenvalue weighted by Gasteiger charge is 2.13. The van der Waals surface area contributed by atoms with Gasteiger partial charge < -0.3 is 9.47 Å². The molecule has 0 saturated carbocycles. The standard InChI is InChI=1S/C20H20N2O3/c1-3-13-25-20(23)15-11-9-14(10-12-15)18-16-7-5-6-8-17(16)19(22-21-18)24-4-2/h5-12H,3-4,13H2,1-2H3. The van der Waals surface area contributed by atoms with Gasteiger partial charge in [0.15, 0.2) is 0 Å². The molecule has 25 heavy (non-hydrogen) atoms. The van der Waals surface area contributed by atoms with Crippen molar-refractivity contribution in [3.8, 4) is 17.1 Å². The molecule has 0 bridgehead atoms. The van der Waals surface area contributed by atoms with Crippen LogP contribution in [0.5, 0.6) is 5.88 Å². The fourth-order valence-electron chi connectivity index (χ4n) is 2.58. The summed E-state index contributed by atoms with van der Waals surface area (Å²) in [6, 6.07) is 15.1. The maximum atomic E-state index is 11.9. The Hall–Kier alpha value is -2.95.